The number of piperidine rings is 2. The first-order chi connectivity index (χ1) is 9.93. The van der Waals surface area contributed by atoms with Gasteiger partial charge in [0.05, 0.1) is 25.5 Å². The van der Waals surface area contributed by atoms with Gasteiger partial charge < -0.3 is 9.47 Å². The topological polar surface area (TPSA) is 31.4 Å². The van der Waals surface area contributed by atoms with Crippen molar-refractivity contribution < 1.29 is 9.47 Å². The highest BCUT2D eigenvalue weighted by molar-refractivity contribution is 4.93. The molecule has 0 saturated carbocycles. The Hall–Kier alpha value is -0.240. The Kier molecular flexibility index (Phi) is 2.85. The summed E-state index contributed by atoms with van der Waals surface area (Å²) in [5.74, 6) is 0. The van der Waals surface area contributed by atoms with E-state index in [1.807, 2.05) is 0 Å². The average molecular weight is 280 g/mol. The van der Waals surface area contributed by atoms with E-state index in [2.05, 4.69) is 20.0 Å². The van der Waals surface area contributed by atoms with Gasteiger partial charge in [0.2, 0.25) is 0 Å². The summed E-state index contributed by atoms with van der Waals surface area (Å²) in [5, 5.41) is 10.4. The second-order valence-electron chi connectivity index (χ2n) is 6.56. The van der Waals surface area contributed by atoms with Gasteiger partial charge in [0.15, 0.2) is 0 Å². The number of nitrogens with zero attached hydrogens (tertiary/aromatic N) is 4. The Morgan fingerprint density at radius 2 is 1.15 bits per heavy atom. The van der Waals surface area contributed by atoms with Gasteiger partial charge in [0, 0.05) is 13.1 Å². The van der Waals surface area contributed by atoms with Gasteiger partial charge in [-0.15, -0.1) is 0 Å². The van der Waals surface area contributed by atoms with Gasteiger partial charge in [-0.25, -0.2) is 10.0 Å². The summed E-state index contributed by atoms with van der Waals surface area (Å²) in [6.45, 7) is 3.83. The molecular weight excluding hydrogens is 256 g/mol. The minimum absolute atomic E-state index is 0.313. The van der Waals surface area contributed by atoms with Crippen LogP contribution in [0.3, 0.4) is 0 Å². The molecule has 0 amide bonds. The lowest BCUT2D eigenvalue weighted by molar-refractivity contribution is -0.413. The second kappa shape index (κ2) is 4.63. The Morgan fingerprint density at radius 1 is 0.650 bits per heavy atom. The molecule has 0 aliphatic carbocycles. The third-order valence-electron chi connectivity index (χ3n) is 5.57. The standard InChI is InChI=1S/C14H24N4O2/c1-3-11-15-7-10-20-14-6-2-4-12(18(14)15)16-8-9-19-13(5-1)17(11)16/h11-14H,1-10H2/t11-,12+,13+,14-. The van der Waals surface area contributed by atoms with E-state index < -0.39 is 0 Å². The molecular formula is C14H24N4O2. The largest absolute Gasteiger partial charge is 0.360 e. The van der Waals surface area contributed by atoms with E-state index in [1.54, 1.807) is 0 Å². The first kappa shape index (κ1) is 12.3. The highest BCUT2D eigenvalue weighted by Gasteiger charge is 2.54. The van der Waals surface area contributed by atoms with E-state index in [1.165, 1.54) is 38.5 Å². The minimum Gasteiger partial charge on any atom is -0.360 e. The summed E-state index contributed by atoms with van der Waals surface area (Å²) < 4.78 is 12.1. The highest BCUT2D eigenvalue weighted by atomic mass is 16.5. The Morgan fingerprint density at radius 3 is 1.65 bits per heavy atom. The molecule has 112 valence electrons. The van der Waals surface area contributed by atoms with Crippen molar-refractivity contribution >= 4 is 0 Å². The number of hydrogen-bond donors (Lipinski definition) is 0. The number of hydrazine groups is 2. The zero-order valence-corrected chi connectivity index (χ0v) is 12.0. The van der Waals surface area contributed by atoms with Crippen molar-refractivity contribution in [3.8, 4) is 0 Å². The van der Waals surface area contributed by atoms with Crippen LogP contribution < -0.4 is 0 Å². The SMILES string of the molecule is C1C[C@@H]2OCCN3[C@@H]4CCC[C@H]5OCCN([C@@H](C1)N23)N54. The highest BCUT2D eigenvalue weighted by Crippen LogP contribution is 2.42. The van der Waals surface area contributed by atoms with Crippen LogP contribution in [-0.4, -0.2) is 71.1 Å². The third kappa shape index (κ3) is 1.60. The summed E-state index contributed by atoms with van der Waals surface area (Å²) in [7, 11) is 0. The normalized spacial score (nSPS) is 46.8. The Balaban J connectivity index is 1.55. The summed E-state index contributed by atoms with van der Waals surface area (Å²) in [6.07, 6.45) is 9.06. The van der Waals surface area contributed by atoms with Crippen molar-refractivity contribution in [3.05, 3.63) is 0 Å². The fourth-order valence-electron chi connectivity index (χ4n) is 4.83. The molecule has 0 aromatic carbocycles. The molecule has 0 unspecified atom stereocenters. The summed E-state index contributed by atoms with van der Waals surface area (Å²) in [5.41, 5.74) is 0. The van der Waals surface area contributed by atoms with Crippen molar-refractivity contribution in [1.82, 2.24) is 20.0 Å². The van der Waals surface area contributed by atoms with Crippen LogP contribution in [0.2, 0.25) is 0 Å². The molecule has 0 aromatic rings. The molecule has 5 fully saturated rings. The predicted octanol–water partition coefficient (Wildman–Crippen LogP) is 0.771. The monoisotopic (exact) mass is 280 g/mol. The molecule has 0 bridgehead atoms. The smallest absolute Gasteiger partial charge is 0.125 e. The number of fused-ring (bicyclic) bond motifs is 2. The van der Waals surface area contributed by atoms with Crippen LogP contribution in [0.1, 0.15) is 38.5 Å². The van der Waals surface area contributed by atoms with Gasteiger partial charge in [-0.05, 0) is 38.5 Å². The molecule has 4 atom stereocenters. The van der Waals surface area contributed by atoms with Crippen LogP contribution in [0.5, 0.6) is 0 Å². The van der Waals surface area contributed by atoms with Crippen molar-refractivity contribution in [3.63, 3.8) is 0 Å². The summed E-state index contributed by atoms with van der Waals surface area (Å²) in [4.78, 5) is 0. The molecule has 0 aromatic heterocycles. The van der Waals surface area contributed by atoms with E-state index in [0.717, 1.165) is 26.3 Å². The first-order valence-electron chi connectivity index (χ1n) is 8.26. The lowest BCUT2D eigenvalue weighted by Crippen LogP contribution is -2.81. The molecule has 20 heavy (non-hydrogen) atoms. The molecule has 5 saturated heterocycles. The molecule has 5 rings (SSSR count). The van der Waals surface area contributed by atoms with E-state index in [4.69, 9.17) is 9.47 Å². The van der Waals surface area contributed by atoms with Gasteiger partial charge in [-0.2, -0.15) is 10.0 Å². The molecule has 0 radical (unpaired) electrons. The maximum Gasteiger partial charge on any atom is 0.125 e. The van der Waals surface area contributed by atoms with Crippen LogP contribution in [0.15, 0.2) is 0 Å². The summed E-state index contributed by atoms with van der Waals surface area (Å²) >= 11 is 0. The lowest BCUT2D eigenvalue weighted by Gasteiger charge is -2.66. The third-order valence-corrected chi connectivity index (χ3v) is 5.57. The summed E-state index contributed by atoms with van der Waals surface area (Å²) in [6, 6.07) is 0. The van der Waals surface area contributed by atoms with Gasteiger partial charge in [-0.3, -0.25) is 0 Å². The van der Waals surface area contributed by atoms with E-state index in [9.17, 15) is 0 Å². The lowest BCUT2D eigenvalue weighted by atomic mass is 10.0. The van der Waals surface area contributed by atoms with Crippen molar-refractivity contribution in [2.24, 2.45) is 0 Å². The Labute approximate surface area is 120 Å². The molecule has 6 heteroatoms. The molecule has 5 heterocycles. The van der Waals surface area contributed by atoms with E-state index >= 15 is 0 Å². The average Bonchev–Trinajstić information content (AvgIpc) is 2.52. The second-order valence-corrected chi connectivity index (χ2v) is 6.56. The number of hydrogen-bond acceptors (Lipinski definition) is 6. The molecule has 5 aliphatic rings. The quantitative estimate of drug-likeness (QED) is 0.651. The van der Waals surface area contributed by atoms with Gasteiger partial charge in [0.1, 0.15) is 12.5 Å². The van der Waals surface area contributed by atoms with Crippen molar-refractivity contribution in [2.75, 3.05) is 26.3 Å². The zero-order chi connectivity index (χ0) is 13.1. The first-order valence-corrected chi connectivity index (χ1v) is 8.26. The van der Waals surface area contributed by atoms with Crippen LogP contribution in [0.4, 0.5) is 0 Å². The van der Waals surface area contributed by atoms with Crippen LogP contribution in [0, 0.1) is 0 Å². The fraction of sp³-hybridized carbons (Fsp3) is 1.00. The van der Waals surface area contributed by atoms with Crippen LogP contribution >= 0.6 is 0 Å². The Bertz CT molecular complexity index is 327. The fourth-order valence-corrected chi connectivity index (χ4v) is 4.83. The van der Waals surface area contributed by atoms with Gasteiger partial charge in [-0.1, -0.05) is 0 Å². The van der Waals surface area contributed by atoms with Gasteiger partial charge in [0.25, 0.3) is 0 Å². The van der Waals surface area contributed by atoms with E-state index in [-0.39, 0.29) is 0 Å². The molecule has 6 nitrogen and oxygen atoms in total. The maximum absolute atomic E-state index is 6.04. The molecule has 0 spiro atoms. The minimum atomic E-state index is 0.313. The zero-order valence-electron chi connectivity index (χ0n) is 12.0. The number of rotatable bonds is 0. The van der Waals surface area contributed by atoms with Crippen molar-refractivity contribution in [2.45, 2.75) is 63.3 Å². The predicted molar refractivity (Wildman–Crippen MR) is 71.8 cm³/mol. The van der Waals surface area contributed by atoms with Crippen molar-refractivity contribution in [1.29, 1.82) is 0 Å². The van der Waals surface area contributed by atoms with Crippen LogP contribution in [-0.2, 0) is 9.47 Å². The maximum atomic E-state index is 6.04. The van der Waals surface area contributed by atoms with Crippen LogP contribution in [0.25, 0.3) is 0 Å². The van der Waals surface area contributed by atoms with E-state index in [0.29, 0.717) is 24.8 Å². The molecule has 0 N–H and O–H groups in total. The van der Waals surface area contributed by atoms with Gasteiger partial charge >= 0.3 is 0 Å². The molecule has 5 aliphatic heterocycles. The number of ether oxygens (including phenoxy) is 2.